The van der Waals surface area contributed by atoms with Crippen molar-refractivity contribution in [2.75, 3.05) is 58.6 Å². The molecule has 2 amide bonds. The molecule has 2 fully saturated rings. The number of carbonyl (C=O) groups excluding carboxylic acids is 5. The van der Waals surface area contributed by atoms with Gasteiger partial charge in [-0.3, -0.25) is 47.1 Å². The first-order valence-electron chi connectivity index (χ1n) is 46.7. The Balaban J connectivity index is 1.16. The van der Waals surface area contributed by atoms with Crippen LogP contribution in [-0.4, -0.2) is 141 Å². The number of ether oxygens (including phenoxy) is 7. The van der Waals surface area contributed by atoms with E-state index in [1.807, 2.05) is 0 Å². The van der Waals surface area contributed by atoms with E-state index in [0.29, 0.717) is 42.6 Å². The zero-order valence-corrected chi connectivity index (χ0v) is 74.9. The van der Waals surface area contributed by atoms with E-state index in [2.05, 4.69) is 36.1 Å². The third kappa shape index (κ3) is 45.1. The first-order valence-corrected chi connectivity index (χ1v) is 48.2. The lowest BCUT2D eigenvalue weighted by atomic mass is 10.0. The summed E-state index contributed by atoms with van der Waals surface area (Å²) in [5.74, 6) is -1.46. The molecule has 678 valence electrons. The molecule has 0 saturated carbocycles. The summed E-state index contributed by atoms with van der Waals surface area (Å²) in [6, 6.07) is 4.81. The fraction of sp³-hybridized carbons (Fsp3) is 0.793. The number of unbranched alkanes of at least 4 members (excludes halogenated alkanes) is 45. The Bertz CT molecular complexity index is 3460. The minimum Gasteiger partial charge on any atom is -0.490 e. The van der Waals surface area contributed by atoms with E-state index in [4.69, 9.17) is 42.2 Å². The molecule has 0 aliphatic carbocycles. The smallest absolute Gasteiger partial charge is 0.472 e. The van der Waals surface area contributed by atoms with Crippen molar-refractivity contribution < 1.29 is 80.7 Å². The Kier molecular flexibility index (Phi) is 55.2. The number of aliphatic hydroxyl groups is 1. The van der Waals surface area contributed by atoms with E-state index in [1.54, 1.807) is 19.2 Å². The van der Waals surface area contributed by atoms with Crippen LogP contribution in [0.5, 0.6) is 17.2 Å². The average molecular weight is 1700 g/mol. The highest BCUT2D eigenvalue weighted by molar-refractivity contribution is 7.47. The van der Waals surface area contributed by atoms with E-state index < -0.39 is 92.7 Å². The molecule has 2 aliphatic heterocycles. The predicted octanol–water partition coefficient (Wildman–Crippen LogP) is 20.4. The Labute approximate surface area is 711 Å². The van der Waals surface area contributed by atoms with Gasteiger partial charge in [0.25, 0.3) is 11.5 Å². The van der Waals surface area contributed by atoms with E-state index in [-0.39, 0.29) is 74.7 Å². The number of amides is 2. The van der Waals surface area contributed by atoms with Gasteiger partial charge in [0.05, 0.1) is 52.4 Å². The highest BCUT2D eigenvalue weighted by Gasteiger charge is 2.45. The van der Waals surface area contributed by atoms with Gasteiger partial charge < -0.3 is 58.2 Å². The Morgan fingerprint density at radius 3 is 1.39 bits per heavy atom. The molecule has 26 nitrogen and oxygen atoms in total. The minimum atomic E-state index is -5.05. The number of likely N-dealkylation sites (N-methyl/N-ethyl adjacent to an activating group) is 1. The number of aromatic amines is 1. The van der Waals surface area contributed by atoms with Gasteiger partial charge in [-0.1, -0.05) is 310 Å². The van der Waals surface area contributed by atoms with E-state index >= 15 is 0 Å². The number of carbonyl (C=O) groups is 5. The number of hydrogen-bond donors (Lipinski definition) is 4. The van der Waals surface area contributed by atoms with E-state index in [9.17, 15) is 52.9 Å². The molecular weight excluding hydrogens is 1540 g/mol. The number of phosphoric acid groups is 1. The van der Waals surface area contributed by atoms with Gasteiger partial charge in [-0.15, -0.1) is 0 Å². The molecule has 27 heteroatoms. The molecule has 2 saturated heterocycles. The number of hydrogen-bond acceptors (Lipinski definition) is 20. The Morgan fingerprint density at radius 2 is 0.958 bits per heavy atom. The Hall–Kier alpha value is -6.28. The second kappa shape index (κ2) is 63.6. The fourth-order valence-corrected chi connectivity index (χ4v) is 16.3. The van der Waals surface area contributed by atoms with Crippen LogP contribution in [0.15, 0.2) is 45.0 Å². The number of H-pyrrole nitrogens is 1. The molecule has 2 aliphatic rings. The van der Waals surface area contributed by atoms with E-state index in [1.165, 1.54) is 288 Å². The maximum Gasteiger partial charge on any atom is 0.472 e. The highest BCUT2D eigenvalue weighted by atomic mass is 31.2. The molecule has 4 heterocycles. The number of anilines is 1. The summed E-state index contributed by atoms with van der Waals surface area (Å²) in [5.41, 5.74) is -1.81. The van der Waals surface area contributed by atoms with Crippen LogP contribution in [0.3, 0.4) is 0 Å². The third-order valence-electron chi connectivity index (χ3n) is 22.7. The molecule has 1 aromatic carbocycles. The SMILES string of the molecule is CCCCCCCCCCCCCCCCCCOc1cc(C(=O)N(C)CCOC(=O)CCC(=O)Nc2ccn([C@H]3CC(OC(=O)CCC(C)=O)[C@@H](COP(=O)(O)OC4C[C@H](n5cc(C)c(=O)[nH]c5=O)O[C@@H]4CO)O3)c(=O)n2)cc(OCCCCCCCCCCCCCCCCCC)c1OCCCCCCCCCCCCCCCCCC. The molecule has 0 radical (unpaired) electrons. The molecule has 0 bridgehead atoms. The molecule has 3 aromatic rings. The molecule has 7 atom stereocenters. The number of aliphatic hydroxyl groups excluding tert-OH is 1. The summed E-state index contributed by atoms with van der Waals surface area (Å²) < 4.78 is 69.2. The summed E-state index contributed by atoms with van der Waals surface area (Å²) >= 11 is 0. The van der Waals surface area contributed by atoms with Crippen molar-refractivity contribution in [1.82, 2.24) is 24.0 Å². The van der Waals surface area contributed by atoms with Crippen molar-refractivity contribution in [2.45, 2.75) is 418 Å². The fourth-order valence-electron chi connectivity index (χ4n) is 15.3. The van der Waals surface area contributed by atoms with Crippen LogP contribution < -0.4 is 36.5 Å². The van der Waals surface area contributed by atoms with Crippen molar-refractivity contribution in [3.63, 3.8) is 0 Å². The van der Waals surface area contributed by atoms with Crippen molar-refractivity contribution in [3.8, 4) is 17.2 Å². The topological polar surface area (TPSA) is 331 Å². The first-order chi connectivity index (χ1) is 57.7. The monoisotopic (exact) mass is 1700 g/mol. The number of nitrogens with zero attached hydrogens (tertiary/aromatic N) is 4. The van der Waals surface area contributed by atoms with Gasteiger partial charge >= 0.3 is 31.1 Å². The maximum atomic E-state index is 14.5. The van der Waals surface area contributed by atoms with Crippen LogP contribution >= 0.6 is 7.82 Å². The molecule has 0 spiro atoms. The quantitative estimate of drug-likeness (QED) is 0.0232. The number of rotatable bonds is 74. The predicted molar refractivity (Wildman–Crippen MR) is 466 cm³/mol. The number of phosphoric ester groups is 1. The number of benzene rings is 1. The van der Waals surface area contributed by atoms with Gasteiger partial charge in [0.15, 0.2) is 11.5 Å². The minimum absolute atomic E-state index is 0.0341. The zero-order chi connectivity index (χ0) is 85.9. The normalized spacial score (nSPS) is 17.0. The largest absolute Gasteiger partial charge is 0.490 e. The van der Waals surface area contributed by atoms with Crippen LogP contribution in [0.4, 0.5) is 5.82 Å². The number of aromatic nitrogens is 4. The summed E-state index contributed by atoms with van der Waals surface area (Å²) in [6.45, 7) is 9.44. The second-order valence-corrected chi connectivity index (χ2v) is 34.7. The summed E-state index contributed by atoms with van der Waals surface area (Å²) in [7, 11) is -3.42. The average Bonchev–Trinajstić information content (AvgIpc) is 1.77. The van der Waals surface area contributed by atoms with Gasteiger partial charge in [0, 0.05) is 56.3 Å². The van der Waals surface area contributed by atoms with Crippen molar-refractivity contribution in [3.05, 3.63) is 73.0 Å². The zero-order valence-electron chi connectivity index (χ0n) is 74.0. The maximum absolute atomic E-state index is 14.5. The van der Waals surface area contributed by atoms with Gasteiger partial charge in [-0.25, -0.2) is 14.2 Å². The molecule has 2 aromatic heterocycles. The van der Waals surface area contributed by atoms with E-state index in [0.717, 1.165) is 66.9 Å². The van der Waals surface area contributed by atoms with Crippen molar-refractivity contribution in [1.29, 1.82) is 0 Å². The summed E-state index contributed by atoms with van der Waals surface area (Å²) in [6.07, 6.45) is 54.6. The van der Waals surface area contributed by atoms with Crippen LogP contribution in [0, 0.1) is 6.92 Å². The lowest BCUT2D eigenvalue weighted by molar-refractivity contribution is -0.153. The molecular formula is C92H155N6O20P. The summed E-state index contributed by atoms with van der Waals surface area (Å²) in [4.78, 5) is 122. The molecule has 119 heavy (non-hydrogen) atoms. The number of nitrogens with one attached hydrogen (secondary N) is 2. The van der Waals surface area contributed by atoms with Crippen LogP contribution in [0.1, 0.15) is 403 Å². The Morgan fingerprint density at radius 1 is 0.546 bits per heavy atom. The van der Waals surface area contributed by atoms with Crippen LogP contribution in [0.25, 0.3) is 0 Å². The lowest BCUT2D eigenvalue weighted by Gasteiger charge is -2.23. The van der Waals surface area contributed by atoms with Crippen molar-refractivity contribution in [2.24, 2.45) is 0 Å². The van der Waals surface area contributed by atoms with Gasteiger partial charge in [0.1, 0.15) is 55.1 Å². The highest BCUT2D eigenvalue weighted by Crippen LogP contribution is 2.49. The van der Waals surface area contributed by atoms with Gasteiger partial charge in [-0.2, -0.15) is 4.98 Å². The van der Waals surface area contributed by atoms with Crippen LogP contribution in [0.2, 0.25) is 0 Å². The molecule has 5 rings (SSSR count). The second-order valence-electron chi connectivity index (χ2n) is 33.3. The molecule has 4 N–H and O–H groups in total. The van der Waals surface area contributed by atoms with Gasteiger partial charge in [-0.05, 0) is 51.3 Å². The number of ketones is 1. The molecule has 3 unspecified atom stereocenters. The first kappa shape index (κ1) is 103. The van der Waals surface area contributed by atoms with Gasteiger partial charge in [0.2, 0.25) is 11.7 Å². The number of Topliss-reactive ketones (excluding diaryl/α,β-unsaturated/α-hetero) is 1. The third-order valence-corrected chi connectivity index (χ3v) is 23.7. The number of esters is 2. The lowest BCUT2D eigenvalue weighted by Crippen LogP contribution is -2.33. The van der Waals surface area contributed by atoms with Crippen molar-refractivity contribution >= 4 is 43.2 Å². The number of aryl methyl sites for hydroxylation is 1. The standard InChI is InChI=1S/C92H155N6O20P/c1-7-10-13-16-19-22-25-28-31-34-37-40-43-46-49-52-62-110-78-66-75(67-79(111-63-53-50-47-44-41-38-35-32-29-26-23-20-17-14-11-8-2)88(78)113-64-54-51-48-45-42-39-36-33-30-27-24-21-18-15-12-9-3)90(105)96(6)61-65-112-86(102)58-56-83(101)93-82-59-60-97(91(106)94-82)84-68-76(117-87(103)57-55-74(5)100)81(116-84)72-114-119(108,109)118-77-69-85(115-80(77)71-99)98-70-73(4)89(104)95-92(98)107/h59-60,66-67,70,76-77,80-81,84-85,99H,7-58,61-65,68-69,71-72H2,1-6H3,(H,108,109)(H,95,104,107)(H,93,94,101,106)/t76?,77?,80-,81-,84-,85-/m1/s1. The van der Waals surface area contributed by atoms with Crippen LogP contribution in [-0.2, 0) is 51.7 Å². The summed E-state index contributed by atoms with van der Waals surface area (Å²) in [5, 5.41) is 12.6.